The number of Topliss-reactive ketones (excluding diaryl/α,β-unsaturated/α-hetero) is 1. The first kappa shape index (κ1) is 36.1. The third-order valence-corrected chi connectivity index (χ3v) is 9.95. The molecule has 1 saturated heterocycles. The molecule has 262 valence electrons. The Bertz CT molecular complexity index is 1620. The molecule has 0 unspecified atom stereocenters. The number of likely N-dealkylation sites (tertiary alicyclic amines) is 1. The number of hydrogen-bond donors (Lipinski definition) is 4. The van der Waals surface area contributed by atoms with Crippen molar-refractivity contribution in [3.8, 4) is 0 Å². The van der Waals surface area contributed by atoms with Crippen LogP contribution in [0.2, 0.25) is 0 Å². The van der Waals surface area contributed by atoms with Gasteiger partial charge in [-0.1, -0.05) is 73.9 Å². The average molecular weight is 670 g/mol. The summed E-state index contributed by atoms with van der Waals surface area (Å²) in [6, 6.07) is 19.2. The molecule has 2 fully saturated rings. The van der Waals surface area contributed by atoms with E-state index in [4.69, 9.17) is 5.73 Å². The molecule has 3 aromatic rings. The number of hydrogen-bond acceptors (Lipinski definition) is 7. The van der Waals surface area contributed by atoms with Crippen molar-refractivity contribution in [3.05, 3.63) is 78.0 Å². The maximum atomic E-state index is 13.9. The predicted octanol–water partition coefficient (Wildman–Crippen LogP) is 4.18. The minimum Gasteiger partial charge on any atom is -0.390 e. The van der Waals surface area contributed by atoms with Crippen LogP contribution in [0, 0.1) is 17.8 Å². The molecule has 10 heteroatoms. The maximum Gasteiger partial charge on any atom is 0.237 e. The maximum absolute atomic E-state index is 13.9. The number of aliphatic hydroxyl groups is 1. The molecule has 5 N–H and O–H groups in total. The van der Waals surface area contributed by atoms with Gasteiger partial charge in [0.1, 0.15) is 5.69 Å². The summed E-state index contributed by atoms with van der Waals surface area (Å²) >= 11 is 0. The third kappa shape index (κ3) is 9.95. The molecule has 0 spiro atoms. The van der Waals surface area contributed by atoms with Crippen molar-refractivity contribution in [2.24, 2.45) is 23.5 Å². The van der Waals surface area contributed by atoms with E-state index in [1.54, 1.807) is 12.1 Å². The van der Waals surface area contributed by atoms with Crippen LogP contribution in [0.3, 0.4) is 0 Å². The minimum absolute atomic E-state index is 0.0466. The van der Waals surface area contributed by atoms with Crippen molar-refractivity contribution in [1.29, 1.82) is 0 Å². The Kier molecular flexibility index (Phi) is 11.8. The van der Waals surface area contributed by atoms with Crippen LogP contribution in [-0.4, -0.2) is 75.3 Å². The Balaban J connectivity index is 1.35. The fourth-order valence-electron chi connectivity index (χ4n) is 7.50. The van der Waals surface area contributed by atoms with Gasteiger partial charge in [-0.05, 0) is 69.6 Å². The Morgan fingerprint density at radius 3 is 2.35 bits per heavy atom. The minimum atomic E-state index is -1.05. The molecule has 1 aromatic heterocycles. The zero-order chi connectivity index (χ0) is 35.1. The van der Waals surface area contributed by atoms with E-state index < -0.39 is 41.5 Å². The topological polar surface area (TPSA) is 155 Å². The van der Waals surface area contributed by atoms with Crippen molar-refractivity contribution in [2.45, 2.75) is 95.9 Å². The standard InChI is InChI=1S/C39H51N5O5/c1-39(2,3)43-38(49)33-20-27-14-7-8-15-28(27)23-44(33)24-35(46)32(19-25-11-5-4-6-12-25)42-37(48)29(22-36(40)47)21-34(45)31-18-17-26-13-9-10-16-30(26)41-31/h4-6,9-13,16-18,27-29,32-33,35,46H,7-8,14-15,19-24H2,1-3H3,(H2,40,47)(H,42,48)(H,43,49)/t27-,28+,29-,32-,33-,35+/m0/s1. The molecular formula is C39H51N5O5. The van der Waals surface area contributed by atoms with Crippen LogP contribution in [0.5, 0.6) is 0 Å². The van der Waals surface area contributed by atoms with Gasteiger partial charge in [0, 0.05) is 36.9 Å². The number of carbonyl (C=O) groups is 4. The van der Waals surface area contributed by atoms with E-state index in [-0.39, 0.29) is 36.8 Å². The monoisotopic (exact) mass is 669 g/mol. The van der Waals surface area contributed by atoms with Crippen LogP contribution in [0.4, 0.5) is 0 Å². The molecule has 5 rings (SSSR count). The summed E-state index contributed by atoms with van der Waals surface area (Å²) in [6.45, 7) is 6.78. The number of primary amides is 1. The zero-order valence-electron chi connectivity index (χ0n) is 28.9. The van der Waals surface area contributed by atoms with E-state index in [0.717, 1.165) is 36.6 Å². The van der Waals surface area contributed by atoms with Gasteiger partial charge < -0.3 is 21.5 Å². The van der Waals surface area contributed by atoms with Crippen molar-refractivity contribution in [2.75, 3.05) is 13.1 Å². The molecule has 2 aromatic carbocycles. The van der Waals surface area contributed by atoms with E-state index in [2.05, 4.69) is 20.5 Å². The average Bonchev–Trinajstić information content (AvgIpc) is 3.06. The summed E-state index contributed by atoms with van der Waals surface area (Å²) in [5.41, 5.74) is 6.92. The van der Waals surface area contributed by atoms with Crippen LogP contribution in [0.15, 0.2) is 66.7 Å². The Morgan fingerprint density at radius 2 is 1.63 bits per heavy atom. The number of piperidine rings is 1. The number of nitrogens with zero attached hydrogens (tertiary/aromatic N) is 2. The number of para-hydroxylation sites is 1. The Hall–Kier alpha value is -4.15. The number of nitrogens with two attached hydrogens (primary N) is 1. The second-order valence-electron chi connectivity index (χ2n) is 15.0. The third-order valence-electron chi connectivity index (χ3n) is 9.95. The van der Waals surface area contributed by atoms with Crippen molar-refractivity contribution < 1.29 is 24.3 Å². The number of β-amino-alcohol motifs (C(OH)–C–C–N with tert-alkyl or cyclic N) is 1. The first-order valence-electron chi connectivity index (χ1n) is 17.6. The van der Waals surface area contributed by atoms with Gasteiger partial charge in [-0.2, -0.15) is 0 Å². The van der Waals surface area contributed by atoms with Crippen molar-refractivity contribution in [3.63, 3.8) is 0 Å². The molecule has 6 atom stereocenters. The largest absolute Gasteiger partial charge is 0.390 e. The summed E-state index contributed by atoms with van der Waals surface area (Å²) in [6.07, 6.45) is 3.97. The SMILES string of the molecule is CC(C)(C)NC(=O)[C@@H]1C[C@@H]2CCCC[C@@H]2CN1C[C@@H](O)[C@H](Cc1ccccc1)NC(=O)[C@H](CC(N)=O)CC(=O)c1ccc2ccccc2n1. The van der Waals surface area contributed by atoms with E-state index in [0.29, 0.717) is 30.3 Å². The Labute approximate surface area is 289 Å². The number of aliphatic hydroxyl groups excluding tert-OH is 1. The van der Waals surface area contributed by atoms with Gasteiger partial charge in [-0.15, -0.1) is 0 Å². The highest BCUT2D eigenvalue weighted by Gasteiger charge is 2.42. The lowest BCUT2D eigenvalue weighted by Gasteiger charge is -2.47. The smallest absolute Gasteiger partial charge is 0.237 e. The summed E-state index contributed by atoms with van der Waals surface area (Å²) in [7, 11) is 0. The summed E-state index contributed by atoms with van der Waals surface area (Å²) in [4.78, 5) is 59.6. The van der Waals surface area contributed by atoms with Gasteiger partial charge >= 0.3 is 0 Å². The number of amides is 3. The van der Waals surface area contributed by atoms with E-state index >= 15 is 0 Å². The zero-order valence-corrected chi connectivity index (χ0v) is 28.9. The highest BCUT2D eigenvalue weighted by atomic mass is 16.3. The number of ketones is 1. The Morgan fingerprint density at radius 1 is 0.939 bits per heavy atom. The van der Waals surface area contributed by atoms with Crippen molar-refractivity contribution >= 4 is 34.4 Å². The fraction of sp³-hybridized carbons (Fsp3) is 0.513. The second kappa shape index (κ2) is 16.0. The number of aromatic nitrogens is 1. The van der Waals surface area contributed by atoms with E-state index in [1.165, 1.54) is 6.42 Å². The van der Waals surface area contributed by atoms with Gasteiger partial charge in [-0.25, -0.2) is 4.98 Å². The molecule has 49 heavy (non-hydrogen) atoms. The van der Waals surface area contributed by atoms with Crippen LogP contribution in [-0.2, 0) is 20.8 Å². The van der Waals surface area contributed by atoms with Crippen LogP contribution < -0.4 is 16.4 Å². The number of carbonyl (C=O) groups excluding carboxylic acids is 4. The lowest BCUT2D eigenvalue weighted by Crippen LogP contribution is -2.60. The molecule has 2 aliphatic rings. The highest BCUT2D eigenvalue weighted by molar-refractivity contribution is 5.99. The van der Waals surface area contributed by atoms with Gasteiger partial charge in [0.15, 0.2) is 5.78 Å². The lowest BCUT2D eigenvalue weighted by atomic mass is 9.72. The lowest BCUT2D eigenvalue weighted by molar-refractivity contribution is -0.133. The summed E-state index contributed by atoms with van der Waals surface area (Å²) < 4.78 is 0. The number of benzene rings is 2. The molecule has 0 bridgehead atoms. The van der Waals surface area contributed by atoms with E-state index in [1.807, 2.05) is 75.4 Å². The highest BCUT2D eigenvalue weighted by Crippen LogP contribution is 2.39. The van der Waals surface area contributed by atoms with E-state index in [9.17, 15) is 24.3 Å². The molecule has 3 amide bonds. The number of pyridine rings is 1. The van der Waals surface area contributed by atoms with Gasteiger partial charge in [0.25, 0.3) is 0 Å². The van der Waals surface area contributed by atoms with Gasteiger partial charge in [0.05, 0.1) is 29.6 Å². The van der Waals surface area contributed by atoms with Gasteiger partial charge in [0.2, 0.25) is 17.7 Å². The molecule has 1 aliphatic carbocycles. The summed E-state index contributed by atoms with van der Waals surface area (Å²) in [5.74, 6) is -1.79. The number of rotatable bonds is 13. The number of fused-ring (bicyclic) bond motifs is 2. The molecule has 1 aliphatic heterocycles. The predicted molar refractivity (Wildman–Crippen MR) is 189 cm³/mol. The van der Waals surface area contributed by atoms with Crippen LogP contribution in [0.1, 0.15) is 81.8 Å². The second-order valence-corrected chi connectivity index (χ2v) is 15.0. The molecule has 2 heterocycles. The fourth-order valence-corrected chi connectivity index (χ4v) is 7.50. The molecule has 0 radical (unpaired) electrons. The molecular weight excluding hydrogens is 618 g/mol. The quantitative estimate of drug-likeness (QED) is 0.199. The normalized spacial score (nSPS) is 21.6. The molecule has 10 nitrogen and oxygen atoms in total. The molecule has 1 saturated carbocycles. The first-order valence-corrected chi connectivity index (χ1v) is 17.6. The van der Waals surface area contributed by atoms with Crippen LogP contribution in [0.25, 0.3) is 10.9 Å². The summed E-state index contributed by atoms with van der Waals surface area (Å²) in [5, 5.41) is 18.9. The van der Waals surface area contributed by atoms with Crippen molar-refractivity contribution in [1.82, 2.24) is 20.5 Å². The van der Waals surface area contributed by atoms with Gasteiger partial charge in [-0.3, -0.25) is 24.1 Å². The van der Waals surface area contributed by atoms with Crippen LogP contribution >= 0.6 is 0 Å². The first-order chi connectivity index (χ1) is 23.4. The number of nitrogens with one attached hydrogen (secondary N) is 2.